The van der Waals surface area contributed by atoms with Gasteiger partial charge in [0.05, 0.1) is 13.3 Å². The van der Waals surface area contributed by atoms with E-state index in [-0.39, 0.29) is 11.5 Å². The highest BCUT2D eigenvalue weighted by Gasteiger charge is 2.20. The highest BCUT2D eigenvalue weighted by molar-refractivity contribution is 9.10. The lowest BCUT2D eigenvalue weighted by molar-refractivity contribution is 0.399. The average Bonchev–Trinajstić information content (AvgIpc) is 2.63. The van der Waals surface area contributed by atoms with E-state index in [9.17, 15) is 8.42 Å². The minimum atomic E-state index is -3.98. The van der Waals surface area contributed by atoms with Crippen LogP contribution in [0.1, 0.15) is 0 Å². The molecule has 7 nitrogen and oxygen atoms in total. The van der Waals surface area contributed by atoms with E-state index in [4.69, 9.17) is 15.4 Å². The van der Waals surface area contributed by atoms with Crippen molar-refractivity contribution in [3.8, 4) is 5.88 Å². The Hall–Kier alpha value is -0.930. The highest BCUT2D eigenvalue weighted by atomic mass is 79.9. The van der Waals surface area contributed by atoms with Gasteiger partial charge in [0.15, 0.2) is 0 Å². The second-order valence-electron chi connectivity index (χ2n) is 2.66. The van der Waals surface area contributed by atoms with Crippen molar-refractivity contribution in [2.75, 3.05) is 7.11 Å². The van der Waals surface area contributed by atoms with Crippen LogP contribution in [0.15, 0.2) is 16.0 Å². The van der Waals surface area contributed by atoms with Gasteiger partial charge in [-0.15, -0.1) is 5.10 Å². The van der Waals surface area contributed by atoms with E-state index < -0.39 is 14.2 Å². The monoisotopic (exact) mass is 326 g/mol. The van der Waals surface area contributed by atoms with Gasteiger partial charge < -0.3 is 4.74 Å². The number of rotatable bonds is 2. The van der Waals surface area contributed by atoms with Crippen molar-refractivity contribution in [1.29, 1.82) is 0 Å². The van der Waals surface area contributed by atoms with Crippen LogP contribution in [0.5, 0.6) is 5.88 Å². The van der Waals surface area contributed by atoms with E-state index in [0.29, 0.717) is 4.60 Å². The number of hydrogen-bond donors (Lipinski definition) is 0. The van der Waals surface area contributed by atoms with Crippen molar-refractivity contribution in [1.82, 2.24) is 19.6 Å². The third-order valence-electron chi connectivity index (χ3n) is 1.68. The molecule has 16 heavy (non-hydrogen) atoms. The van der Waals surface area contributed by atoms with Gasteiger partial charge in [-0.05, 0) is 15.9 Å². The first-order valence-corrected chi connectivity index (χ1v) is 6.93. The van der Waals surface area contributed by atoms with Crippen molar-refractivity contribution in [3.63, 3.8) is 0 Å². The lowest BCUT2D eigenvalue weighted by atomic mass is 10.6. The lowest BCUT2D eigenvalue weighted by Gasteiger charge is -1.99. The number of ether oxygens (including phenoxy) is 1. The third-order valence-corrected chi connectivity index (χ3v) is 3.24. The van der Waals surface area contributed by atoms with Crippen LogP contribution in [0.3, 0.4) is 0 Å². The largest absolute Gasteiger partial charge is 0.478 e. The molecule has 0 saturated carbocycles. The molecule has 0 amide bonds. The Bertz CT molecular complexity index is 655. The molecule has 0 spiro atoms. The lowest BCUT2D eigenvalue weighted by Crippen LogP contribution is -1.97. The fourth-order valence-electron chi connectivity index (χ4n) is 1.05. The highest BCUT2D eigenvalue weighted by Crippen LogP contribution is 2.21. The maximum atomic E-state index is 11.1. The number of methoxy groups -OCH3 is 1. The topological polar surface area (TPSA) is 86.5 Å². The maximum Gasteiger partial charge on any atom is 0.298 e. The standard InChI is InChI=1S/C6H4BrClN4O3S/c1-15-5-4-10-6(16(8,13)14)11-12(4)3(7)2-9-5/h2H,1H3. The molecule has 2 aromatic heterocycles. The summed E-state index contributed by atoms with van der Waals surface area (Å²) in [5.41, 5.74) is 0.163. The van der Waals surface area contributed by atoms with Crippen LogP contribution in [-0.4, -0.2) is 35.1 Å². The van der Waals surface area contributed by atoms with Crippen LogP contribution in [0.25, 0.3) is 5.65 Å². The Labute approximate surface area is 103 Å². The molecule has 0 radical (unpaired) electrons. The minimum Gasteiger partial charge on any atom is -0.478 e. The van der Waals surface area contributed by atoms with Crippen molar-refractivity contribution in [3.05, 3.63) is 10.8 Å². The first-order valence-electron chi connectivity index (χ1n) is 3.83. The molecule has 0 fully saturated rings. The van der Waals surface area contributed by atoms with Crippen LogP contribution < -0.4 is 4.74 Å². The van der Waals surface area contributed by atoms with Gasteiger partial charge in [-0.3, -0.25) is 0 Å². The smallest absolute Gasteiger partial charge is 0.298 e. The van der Waals surface area contributed by atoms with Gasteiger partial charge >= 0.3 is 0 Å². The van der Waals surface area contributed by atoms with E-state index in [1.807, 2.05) is 0 Å². The summed E-state index contributed by atoms with van der Waals surface area (Å²) >= 11 is 3.14. The summed E-state index contributed by atoms with van der Waals surface area (Å²) in [7, 11) is 2.54. The van der Waals surface area contributed by atoms with Gasteiger partial charge in [-0.2, -0.15) is 9.50 Å². The van der Waals surface area contributed by atoms with Gasteiger partial charge in [0.1, 0.15) is 4.60 Å². The van der Waals surface area contributed by atoms with Crippen LogP contribution in [0.4, 0.5) is 0 Å². The molecule has 0 bridgehead atoms. The van der Waals surface area contributed by atoms with Crippen molar-refractivity contribution >= 4 is 41.3 Å². The second kappa shape index (κ2) is 3.82. The molecule has 2 rings (SSSR count). The summed E-state index contributed by atoms with van der Waals surface area (Å²) in [5, 5.41) is 3.21. The second-order valence-corrected chi connectivity index (χ2v) is 5.93. The molecule has 0 atom stereocenters. The number of aromatic nitrogens is 4. The van der Waals surface area contributed by atoms with Gasteiger partial charge in [-0.1, -0.05) is 0 Å². The van der Waals surface area contributed by atoms with E-state index in [1.54, 1.807) is 0 Å². The summed E-state index contributed by atoms with van der Waals surface area (Å²) in [6.07, 6.45) is 1.41. The molecule has 0 saturated heterocycles. The van der Waals surface area contributed by atoms with Gasteiger partial charge in [0.25, 0.3) is 20.1 Å². The zero-order valence-electron chi connectivity index (χ0n) is 7.76. The Kier molecular flexibility index (Phi) is 2.76. The first-order chi connectivity index (χ1) is 7.43. The van der Waals surface area contributed by atoms with Crippen LogP contribution in [0.2, 0.25) is 0 Å². The molecule has 10 heteroatoms. The number of hydrogen-bond acceptors (Lipinski definition) is 6. The Morgan fingerprint density at radius 1 is 1.56 bits per heavy atom. The Balaban J connectivity index is 2.83. The number of halogens is 2. The van der Waals surface area contributed by atoms with Gasteiger partial charge in [0.2, 0.25) is 5.65 Å². The molecule has 0 aliphatic rings. The van der Waals surface area contributed by atoms with Crippen molar-refractivity contribution < 1.29 is 13.2 Å². The van der Waals surface area contributed by atoms with Crippen LogP contribution >= 0.6 is 26.6 Å². The molecule has 0 aliphatic carbocycles. The minimum absolute atomic E-state index is 0.155. The van der Waals surface area contributed by atoms with Gasteiger partial charge in [0, 0.05) is 10.7 Å². The van der Waals surface area contributed by atoms with Gasteiger partial charge in [-0.25, -0.2) is 13.4 Å². The van der Waals surface area contributed by atoms with E-state index in [0.717, 1.165) is 0 Å². The fourth-order valence-corrected chi connectivity index (χ4v) is 1.97. The predicted octanol–water partition coefficient (Wildman–Crippen LogP) is 0.823. The molecule has 0 aliphatic heterocycles. The zero-order valence-corrected chi connectivity index (χ0v) is 10.9. The summed E-state index contributed by atoms with van der Waals surface area (Å²) < 4.78 is 28.7. The normalized spacial score (nSPS) is 11.9. The molecule has 0 N–H and O–H groups in total. The zero-order chi connectivity index (χ0) is 11.9. The molecular formula is C6H4BrClN4O3S. The van der Waals surface area contributed by atoms with Crippen molar-refractivity contribution in [2.45, 2.75) is 5.16 Å². The average molecular weight is 328 g/mol. The summed E-state index contributed by atoms with van der Waals surface area (Å²) in [6, 6.07) is 0. The Morgan fingerprint density at radius 3 is 2.81 bits per heavy atom. The first kappa shape index (κ1) is 11.6. The quantitative estimate of drug-likeness (QED) is 0.759. The molecule has 0 unspecified atom stereocenters. The fraction of sp³-hybridized carbons (Fsp3) is 0.167. The molecule has 2 aromatic rings. The van der Waals surface area contributed by atoms with E-state index in [2.05, 4.69) is 31.0 Å². The Morgan fingerprint density at radius 2 is 2.25 bits per heavy atom. The summed E-state index contributed by atoms with van der Waals surface area (Å²) in [6.45, 7) is 0. The van der Waals surface area contributed by atoms with Crippen molar-refractivity contribution in [2.24, 2.45) is 0 Å². The number of nitrogens with zero attached hydrogens (tertiary/aromatic N) is 4. The molecule has 0 aromatic carbocycles. The molecule has 2 heterocycles. The summed E-state index contributed by atoms with van der Waals surface area (Å²) in [4.78, 5) is 7.62. The van der Waals surface area contributed by atoms with E-state index in [1.165, 1.54) is 17.8 Å². The van der Waals surface area contributed by atoms with E-state index >= 15 is 0 Å². The number of fused-ring (bicyclic) bond motifs is 1. The SMILES string of the molecule is COc1ncc(Br)n2nc(S(=O)(=O)Cl)nc12. The molecular weight excluding hydrogens is 324 g/mol. The summed E-state index contributed by atoms with van der Waals surface area (Å²) in [5.74, 6) is 0.155. The molecule has 86 valence electrons. The predicted molar refractivity (Wildman–Crippen MR) is 58.1 cm³/mol. The van der Waals surface area contributed by atoms with Crippen LogP contribution in [-0.2, 0) is 9.05 Å². The third kappa shape index (κ3) is 1.85. The maximum absolute atomic E-state index is 11.1. The van der Waals surface area contributed by atoms with Crippen LogP contribution in [0, 0.1) is 0 Å².